The molecule has 1 saturated heterocycles. The topological polar surface area (TPSA) is 89.9 Å². The summed E-state index contributed by atoms with van der Waals surface area (Å²) in [5, 5.41) is 12.3. The highest BCUT2D eigenvalue weighted by Gasteiger charge is 2.21. The van der Waals surface area contributed by atoms with E-state index in [4.69, 9.17) is 9.66 Å². The summed E-state index contributed by atoms with van der Waals surface area (Å²) >= 11 is 0. The van der Waals surface area contributed by atoms with Crippen LogP contribution in [-0.4, -0.2) is 67.6 Å². The molecule has 3 N–H and O–H groups in total. The number of hydrogen-bond donors (Lipinski definition) is 3. The fraction of sp³-hybridized carbons (Fsp3) is 1.00. The third-order valence-corrected chi connectivity index (χ3v) is 3.34. The molecule has 1 unspecified atom stereocenters. The molecule has 0 amide bonds. The summed E-state index contributed by atoms with van der Waals surface area (Å²) in [5.74, 6) is -0.290. The molecule has 90 valence electrons. The molecule has 1 atom stereocenters. The highest BCUT2D eigenvalue weighted by Crippen LogP contribution is 2.06. The fourth-order valence-corrected chi connectivity index (χ4v) is 2.29. The molecule has 1 aliphatic heterocycles. The molecule has 1 aliphatic rings. The SMILES string of the molecule is O=S(=O)(O)CCC(CO)N1CCNCC1. The standard InChI is InChI=1S/C8H18N2O4S/c11-7-8(1-6-15(12,13)14)10-4-2-9-3-5-10/h8-9,11H,1-7H2,(H,12,13,14). The number of hydrogen-bond acceptors (Lipinski definition) is 5. The van der Waals surface area contributed by atoms with Gasteiger partial charge in [-0.05, 0) is 6.42 Å². The Bertz CT molecular complexity index is 274. The van der Waals surface area contributed by atoms with Crippen LogP contribution in [0.15, 0.2) is 0 Å². The molecule has 7 heteroatoms. The van der Waals surface area contributed by atoms with Gasteiger partial charge in [0, 0.05) is 32.2 Å². The number of nitrogens with one attached hydrogen (secondary N) is 1. The normalized spacial score (nSPS) is 21.5. The molecule has 0 aromatic carbocycles. The molecular formula is C8H18N2O4S. The maximum atomic E-state index is 10.6. The maximum Gasteiger partial charge on any atom is 0.264 e. The largest absolute Gasteiger partial charge is 0.395 e. The van der Waals surface area contributed by atoms with Crippen molar-refractivity contribution in [2.24, 2.45) is 0 Å². The Hall–Kier alpha value is -0.210. The van der Waals surface area contributed by atoms with Crippen molar-refractivity contribution in [3.05, 3.63) is 0 Å². The lowest BCUT2D eigenvalue weighted by Gasteiger charge is -2.33. The van der Waals surface area contributed by atoms with Crippen molar-refractivity contribution in [3.8, 4) is 0 Å². The van der Waals surface area contributed by atoms with Crippen LogP contribution in [0.2, 0.25) is 0 Å². The van der Waals surface area contributed by atoms with Gasteiger partial charge >= 0.3 is 0 Å². The first-order valence-corrected chi connectivity index (χ1v) is 6.64. The highest BCUT2D eigenvalue weighted by atomic mass is 32.2. The lowest BCUT2D eigenvalue weighted by atomic mass is 10.2. The van der Waals surface area contributed by atoms with Crippen LogP contribution in [0.25, 0.3) is 0 Å². The molecule has 1 fully saturated rings. The van der Waals surface area contributed by atoms with Gasteiger partial charge in [0.05, 0.1) is 12.4 Å². The molecule has 0 aromatic heterocycles. The van der Waals surface area contributed by atoms with E-state index in [1.807, 2.05) is 4.90 Å². The van der Waals surface area contributed by atoms with E-state index in [9.17, 15) is 8.42 Å². The van der Waals surface area contributed by atoms with Crippen molar-refractivity contribution in [2.45, 2.75) is 12.5 Å². The van der Waals surface area contributed by atoms with Gasteiger partial charge in [0.15, 0.2) is 0 Å². The van der Waals surface area contributed by atoms with Crippen molar-refractivity contribution < 1.29 is 18.1 Å². The highest BCUT2D eigenvalue weighted by molar-refractivity contribution is 7.85. The first-order chi connectivity index (χ1) is 7.03. The zero-order valence-corrected chi connectivity index (χ0v) is 9.41. The predicted octanol–water partition coefficient (Wildman–Crippen LogP) is -1.47. The summed E-state index contributed by atoms with van der Waals surface area (Å²) in [7, 11) is -3.92. The van der Waals surface area contributed by atoms with Crippen LogP contribution in [-0.2, 0) is 10.1 Å². The minimum absolute atomic E-state index is 0.0739. The number of rotatable bonds is 5. The molecular weight excluding hydrogens is 220 g/mol. The molecule has 1 heterocycles. The van der Waals surface area contributed by atoms with Crippen LogP contribution in [0, 0.1) is 0 Å². The minimum Gasteiger partial charge on any atom is -0.395 e. The van der Waals surface area contributed by atoms with Gasteiger partial charge in [0.1, 0.15) is 0 Å². The molecule has 6 nitrogen and oxygen atoms in total. The third kappa shape index (κ3) is 4.89. The van der Waals surface area contributed by atoms with Gasteiger partial charge in [-0.1, -0.05) is 0 Å². The zero-order valence-electron chi connectivity index (χ0n) is 8.59. The lowest BCUT2D eigenvalue weighted by molar-refractivity contribution is 0.108. The molecule has 0 bridgehead atoms. The molecule has 1 rings (SSSR count). The zero-order chi connectivity index (χ0) is 11.3. The molecule has 0 spiro atoms. The molecule has 0 aliphatic carbocycles. The average molecular weight is 238 g/mol. The first kappa shape index (κ1) is 12.9. The van der Waals surface area contributed by atoms with Crippen LogP contribution >= 0.6 is 0 Å². The van der Waals surface area contributed by atoms with Crippen molar-refractivity contribution >= 4 is 10.1 Å². The lowest BCUT2D eigenvalue weighted by Crippen LogP contribution is -2.50. The van der Waals surface area contributed by atoms with Gasteiger partial charge in [0.25, 0.3) is 10.1 Å². The summed E-state index contributed by atoms with van der Waals surface area (Å²) in [6.45, 7) is 3.23. The fourth-order valence-electron chi connectivity index (χ4n) is 1.72. The van der Waals surface area contributed by atoms with Crippen molar-refractivity contribution in [2.75, 3.05) is 38.5 Å². The molecule has 15 heavy (non-hydrogen) atoms. The van der Waals surface area contributed by atoms with E-state index in [2.05, 4.69) is 5.32 Å². The van der Waals surface area contributed by atoms with Crippen molar-refractivity contribution in [3.63, 3.8) is 0 Å². The molecule has 0 saturated carbocycles. The Balaban J connectivity index is 2.40. The Morgan fingerprint density at radius 3 is 2.40 bits per heavy atom. The van der Waals surface area contributed by atoms with Crippen LogP contribution in [0.3, 0.4) is 0 Å². The van der Waals surface area contributed by atoms with Crippen molar-refractivity contribution in [1.82, 2.24) is 10.2 Å². The average Bonchev–Trinajstić information content (AvgIpc) is 2.19. The van der Waals surface area contributed by atoms with E-state index in [0.29, 0.717) is 0 Å². The van der Waals surface area contributed by atoms with Crippen LogP contribution in [0.1, 0.15) is 6.42 Å². The van der Waals surface area contributed by atoms with E-state index in [0.717, 1.165) is 26.2 Å². The second-order valence-corrected chi connectivity index (χ2v) is 5.27. The maximum absolute atomic E-state index is 10.6. The van der Waals surface area contributed by atoms with E-state index in [1.54, 1.807) is 0 Å². The van der Waals surface area contributed by atoms with Gasteiger partial charge in [0.2, 0.25) is 0 Å². The summed E-state index contributed by atoms with van der Waals surface area (Å²) in [5.41, 5.74) is 0. The van der Waals surface area contributed by atoms with Crippen LogP contribution in [0.4, 0.5) is 0 Å². The van der Waals surface area contributed by atoms with Gasteiger partial charge in [-0.25, -0.2) is 0 Å². The van der Waals surface area contributed by atoms with Gasteiger partial charge in [-0.2, -0.15) is 8.42 Å². The minimum atomic E-state index is -3.92. The summed E-state index contributed by atoms with van der Waals surface area (Å²) in [6.07, 6.45) is 0.273. The summed E-state index contributed by atoms with van der Waals surface area (Å²) in [6, 6.07) is -0.172. The summed E-state index contributed by atoms with van der Waals surface area (Å²) in [4.78, 5) is 2.04. The predicted molar refractivity (Wildman–Crippen MR) is 56.3 cm³/mol. The Morgan fingerprint density at radius 1 is 1.33 bits per heavy atom. The Labute approximate surface area is 90.0 Å². The number of aliphatic hydroxyl groups is 1. The van der Waals surface area contributed by atoms with Crippen LogP contribution < -0.4 is 5.32 Å². The number of nitrogens with zero attached hydrogens (tertiary/aromatic N) is 1. The third-order valence-electron chi connectivity index (χ3n) is 2.59. The van der Waals surface area contributed by atoms with Gasteiger partial charge in [-0.15, -0.1) is 0 Å². The second-order valence-electron chi connectivity index (χ2n) is 3.70. The van der Waals surface area contributed by atoms with E-state index in [-0.39, 0.29) is 24.8 Å². The summed E-state index contributed by atoms with van der Waals surface area (Å²) < 4.78 is 29.8. The monoisotopic (exact) mass is 238 g/mol. The van der Waals surface area contributed by atoms with E-state index >= 15 is 0 Å². The number of aliphatic hydroxyl groups excluding tert-OH is 1. The van der Waals surface area contributed by atoms with Crippen molar-refractivity contribution in [1.29, 1.82) is 0 Å². The van der Waals surface area contributed by atoms with Gasteiger partial charge in [-0.3, -0.25) is 9.45 Å². The van der Waals surface area contributed by atoms with Crippen LogP contribution in [0.5, 0.6) is 0 Å². The number of piperazine rings is 1. The molecule has 0 aromatic rings. The second kappa shape index (κ2) is 5.76. The van der Waals surface area contributed by atoms with Gasteiger partial charge < -0.3 is 10.4 Å². The Morgan fingerprint density at radius 2 is 1.93 bits per heavy atom. The smallest absolute Gasteiger partial charge is 0.264 e. The quantitative estimate of drug-likeness (QED) is 0.507. The van der Waals surface area contributed by atoms with E-state index in [1.165, 1.54) is 0 Å². The van der Waals surface area contributed by atoms with E-state index < -0.39 is 10.1 Å². The first-order valence-electron chi connectivity index (χ1n) is 5.04. The molecule has 0 radical (unpaired) electrons. The Kier molecular flexibility index (Phi) is 4.94.